The minimum atomic E-state index is 0.972. The van der Waals surface area contributed by atoms with E-state index in [2.05, 4.69) is 15.9 Å². The first-order chi connectivity index (χ1) is 4.33. The van der Waals surface area contributed by atoms with Crippen LogP contribution in [0.5, 0.6) is 0 Å². The first-order valence-corrected chi connectivity index (χ1v) is 4.06. The highest BCUT2D eigenvalue weighted by Gasteiger charge is 1.94. The SMILES string of the molecule is Cc1ccc(CCBr)o1. The van der Waals surface area contributed by atoms with Crippen LogP contribution in [0.3, 0.4) is 0 Å². The Morgan fingerprint density at radius 2 is 2.33 bits per heavy atom. The molecule has 0 saturated carbocycles. The average molecular weight is 189 g/mol. The third-order valence-corrected chi connectivity index (χ3v) is 1.53. The van der Waals surface area contributed by atoms with Gasteiger partial charge in [-0.2, -0.15) is 0 Å². The fourth-order valence-electron chi connectivity index (χ4n) is 0.713. The molecule has 1 rings (SSSR count). The first-order valence-electron chi connectivity index (χ1n) is 2.94. The predicted octanol–water partition coefficient (Wildman–Crippen LogP) is 2.53. The summed E-state index contributed by atoms with van der Waals surface area (Å²) in [5.41, 5.74) is 0. The number of rotatable bonds is 2. The van der Waals surface area contributed by atoms with E-state index in [1.807, 2.05) is 19.1 Å². The van der Waals surface area contributed by atoms with Gasteiger partial charge in [-0.3, -0.25) is 0 Å². The van der Waals surface area contributed by atoms with Crippen molar-refractivity contribution in [2.45, 2.75) is 13.3 Å². The van der Waals surface area contributed by atoms with Gasteiger partial charge in [0.05, 0.1) is 0 Å². The zero-order valence-electron chi connectivity index (χ0n) is 5.36. The van der Waals surface area contributed by atoms with Crippen molar-refractivity contribution in [2.75, 3.05) is 5.33 Å². The van der Waals surface area contributed by atoms with Gasteiger partial charge < -0.3 is 4.42 Å². The zero-order valence-corrected chi connectivity index (χ0v) is 6.94. The molecule has 0 radical (unpaired) electrons. The molecule has 0 unspecified atom stereocenters. The highest BCUT2D eigenvalue weighted by molar-refractivity contribution is 9.09. The molecule has 0 saturated heterocycles. The maximum atomic E-state index is 5.29. The third-order valence-electron chi connectivity index (χ3n) is 1.14. The lowest BCUT2D eigenvalue weighted by Crippen LogP contribution is -1.78. The molecule has 0 spiro atoms. The zero-order chi connectivity index (χ0) is 6.69. The minimum absolute atomic E-state index is 0.972. The maximum absolute atomic E-state index is 5.29. The van der Waals surface area contributed by atoms with Crippen LogP contribution in [-0.2, 0) is 6.42 Å². The number of alkyl halides is 1. The van der Waals surface area contributed by atoms with Crippen LogP contribution in [0.2, 0.25) is 0 Å². The first kappa shape index (κ1) is 6.87. The van der Waals surface area contributed by atoms with E-state index in [-0.39, 0.29) is 0 Å². The summed E-state index contributed by atoms with van der Waals surface area (Å²) >= 11 is 3.34. The van der Waals surface area contributed by atoms with Crippen LogP contribution in [0.1, 0.15) is 11.5 Å². The Bertz CT molecular complexity index is 181. The summed E-state index contributed by atoms with van der Waals surface area (Å²) in [4.78, 5) is 0. The van der Waals surface area contributed by atoms with Crippen LogP contribution in [0.25, 0.3) is 0 Å². The van der Waals surface area contributed by atoms with E-state index < -0.39 is 0 Å². The van der Waals surface area contributed by atoms with E-state index in [0.717, 1.165) is 23.3 Å². The topological polar surface area (TPSA) is 13.1 Å². The van der Waals surface area contributed by atoms with Crippen molar-refractivity contribution in [2.24, 2.45) is 0 Å². The highest BCUT2D eigenvalue weighted by atomic mass is 79.9. The smallest absolute Gasteiger partial charge is 0.104 e. The van der Waals surface area contributed by atoms with E-state index in [1.54, 1.807) is 0 Å². The van der Waals surface area contributed by atoms with Crippen LogP contribution < -0.4 is 0 Å². The van der Waals surface area contributed by atoms with Crippen molar-refractivity contribution >= 4 is 15.9 Å². The van der Waals surface area contributed by atoms with Gasteiger partial charge in [-0.25, -0.2) is 0 Å². The lowest BCUT2D eigenvalue weighted by Gasteiger charge is -1.87. The predicted molar refractivity (Wildman–Crippen MR) is 40.9 cm³/mol. The molecule has 0 aliphatic heterocycles. The monoisotopic (exact) mass is 188 g/mol. The van der Waals surface area contributed by atoms with E-state index in [4.69, 9.17) is 4.42 Å². The number of halogens is 1. The third kappa shape index (κ3) is 1.86. The van der Waals surface area contributed by atoms with Crippen molar-refractivity contribution in [1.82, 2.24) is 0 Å². The molecule has 2 heteroatoms. The molecule has 0 N–H and O–H groups in total. The lowest BCUT2D eigenvalue weighted by atomic mass is 10.4. The molecule has 0 aromatic carbocycles. The molecular weight excluding hydrogens is 180 g/mol. The second kappa shape index (κ2) is 3.06. The number of aryl methyl sites for hydroxylation is 2. The molecule has 50 valence electrons. The standard InChI is InChI=1S/C7H9BrO/c1-6-2-3-7(9-6)4-5-8/h2-3H,4-5H2,1H3. The van der Waals surface area contributed by atoms with Crippen molar-refractivity contribution in [3.63, 3.8) is 0 Å². The van der Waals surface area contributed by atoms with Crippen LogP contribution in [0.4, 0.5) is 0 Å². The van der Waals surface area contributed by atoms with Gasteiger partial charge in [0.2, 0.25) is 0 Å². The minimum Gasteiger partial charge on any atom is -0.466 e. The van der Waals surface area contributed by atoms with Crippen LogP contribution >= 0.6 is 15.9 Å². The summed E-state index contributed by atoms with van der Waals surface area (Å²) in [6, 6.07) is 3.99. The Balaban J connectivity index is 2.61. The molecule has 0 atom stereocenters. The quantitative estimate of drug-likeness (QED) is 0.651. The van der Waals surface area contributed by atoms with Gasteiger partial charge in [-0.1, -0.05) is 15.9 Å². The Morgan fingerprint density at radius 3 is 2.78 bits per heavy atom. The van der Waals surface area contributed by atoms with Crippen molar-refractivity contribution < 1.29 is 4.42 Å². The summed E-state index contributed by atoms with van der Waals surface area (Å²) in [6.45, 7) is 1.96. The summed E-state index contributed by atoms with van der Waals surface area (Å²) < 4.78 is 5.29. The number of furan rings is 1. The van der Waals surface area contributed by atoms with Crippen molar-refractivity contribution in [1.29, 1.82) is 0 Å². The molecule has 0 bridgehead atoms. The molecule has 1 nitrogen and oxygen atoms in total. The molecule has 9 heavy (non-hydrogen) atoms. The molecule has 0 aliphatic carbocycles. The van der Waals surface area contributed by atoms with E-state index >= 15 is 0 Å². The summed E-state index contributed by atoms with van der Waals surface area (Å²) in [6.07, 6.45) is 0.980. The summed E-state index contributed by atoms with van der Waals surface area (Å²) in [7, 11) is 0. The largest absolute Gasteiger partial charge is 0.466 e. The van der Waals surface area contributed by atoms with Gasteiger partial charge in [0, 0.05) is 11.8 Å². The Labute approximate surface area is 63.2 Å². The van der Waals surface area contributed by atoms with Gasteiger partial charge in [0.1, 0.15) is 11.5 Å². The van der Waals surface area contributed by atoms with Gasteiger partial charge in [-0.15, -0.1) is 0 Å². The molecule has 0 fully saturated rings. The molecule has 1 aromatic heterocycles. The summed E-state index contributed by atoms with van der Waals surface area (Å²) in [5.74, 6) is 2.05. The molecule has 0 aliphatic rings. The molecule has 1 heterocycles. The van der Waals surface area contributed by atoms with Gasteiger partial charge in [-0.05, 0) is 19.1 Å². The normalized spacial score (nSPS) is 10.0. The van der Waals surface area contributed by atoms with E-state index in [1.165, 1.54) is 0 Å². The van der Waals surface area contributed by atoms with Crippen LogP contribution in [0.15, 0.2) is 16.5 Å². The Morgan fingerprint density at radius 1 is 1.56 bits per heavy atom. The second-order valence-corrected chi connectivity index (χ2v) is 2.74. The van der Waals surface area contributed by atoms with Gasteiger partial charge in [0.25, 0.3) is 0 Å². The maximum Gasteiger partial charge on any atom is 0.104 e. The van der Waals surface area contributed by atoms with Crippen LogP contribution in [-0.4, -0.2) is 5.33 Å². The molecule has 0 amide bonds. The van der Waals surface area contributed by atoms with Crippen LogP contribution in [0, 0.1) is 6.92 Å². The van der Waals surface area contributed by atoms with Gasteiger partial charge >= 0.3 is 0 Å². The highest BCUT2D eigenvalue weighted by Crippen LogP contribution is 2.07. The fraction of sp³-hybridized carbons (Fsp3) is 0.429. The Hall–Kier alpha value is -0.240. The number of hydrogen-bond acceptors (Lipinski definition) is 1. The Kier molecular flexibility index (Phi) is 2.34. The van der Waals surface area contributed by atoms with Crippen molar-refractivity contribution in [3.05, 3.63) is 23.7 Å². The fourth-order valence-corrected chi connectivity index (χ4v) is 1.10. The van der Waals surface area contributed by atoms with E-state index in [9.17, 15) is 0 Å². The number of hydrogen-bond donors (Lipinski definition) is 0. The van der Waals surface area contributed by atoms with Crippen molar-refractivity contribution in [3.8, 4) is 0 Å². The molecule has 1 aromatic rings. The van der Waals surface area contributed by atoms with E-state index in [0.29, 0.717) is 0 Å². The average Bonchev–Trinajstić information content (AvgIpc) is 2.17. The lowest BCUT2D eigenvalue weighted by molar-refractivity contribution is 0.490. The summed E-state index contributed by atoms with van der Waals surface area (Å²) in [5, 5.41) is 0.972. The molecular formula is C7H9BrO. The van der Waals surface area contributed by atoms with Gasteiger partial charge in [0.15, 0.2) is 0 Å². The second-order valence-electron chi connectivity index (χ2n) is 1.95.